The van der Waals surface area contributed by atoms with Gasteiger partial charge in [-0.1, -0.05) is 44.2 Å². The van der Waals surface area contributed by atoms with E-state index in [1.807, 2.05) is 49.4 Å². The second kappa shape index (κ2) is 11.2. The van der Waals surface area contributed by atoms with Crippen molar-refractivity contribution >= 4 is 11.6 Å². The molecule has 0 atom stereocenters. The Morgan fingerprint density at radius 1 is 0.781 bits per heavy atom. The fourth-order valence-electron chi connectivity index (χ4n) is 3.61. The maximum atomic E-state index is 13.1. The second-order valence-corrected chi connectivity index (χ2v) is 7.31. The van der Waals surface area contributed by atoms with Crippen LogP contribution in [0.25, 0.3) is 0 Å². The van der Waals surface area contributed by atoms with Crippen molar-refractivity contribution in [1.29, 1.82) is 0 Å². The van der Waals surface area contributed by atoms with E-state index in [1.54, 1.807) is 13.2 Å². The minimum absolute atomic E-state index is 0.151. The van der Waals surface area contributed by atoms with E-state index < -0.39 is 0 Å². The number of ether oxygens (including phenoxy) is 3. The average molecular weight is 434 g/mol. The Kier molecular flexibility index (Phi) is 8.14. The number of amides is 1. The second-order valence-electron chi connectivity index (χ2n) is 7.31. The zero-order chi connectivity index (χ0) is 22.9. The number of anilines is 1. The van der Waals surface area contributed by atoms with Gasteiger partial charge in [0.05, 0.1) is 13.7 Å². The molecule has 0 aromatic heterocycles. The summed E-state index contributed by atoms with van der Waals surface area (Å²) in [5.41, 5.74) is 4.51. The van der Waals surface area contributed by atoms with Gasteiger partial charge in [0.25, 0.3) is 5.91 Å². The largest absolute Gasteiger partial charge is 0.493 e. The van der Waals surface area contributed by atoms with Crippen LogP contribution in [-0.4, -0.2) is 19.6 Å². The number of aryl methyl sites for hydroxylation is 2. The maximum absolute atomic E-state index is 13.1. The number of carbonyl (C=O) groups is 1. The summed E-state index contributed by atoms with van der Waals surface area (Å²) in [5, 5.41) is 3.13. The first-order valence-electron chi connectivity index (χ1n) is 11.0. The van der Waals surface area contributed by atoms with Crippen molar-refractivity contribution in [3.05, 3.63) is 82.9 Å². The maximum Gasteiger partial charge on any atom is 0.255 e. The molecule has 3 rings (SSSR count). The Bertz CT molecular complexity index is 1040. The molecule has 3 aromatic rings. The van der Waals surface area contributed by atoms with Crippen LogP contribution in [0, 0.1) is 0 Å². The van der Waals surface area contributed by atoms with E-state index in [9.17, 15) is 4.79 Å². The Balaban J connectivity index is 1.86. The van der Waals surface area contributed by atoms with E-state index in [2.05, 4.69) is 31.3 Å². The summed E-state index contributed by atoms with van der Waals surface area (Å²) in [6.45, 7) is 6.89. The van der Waals surface area contributed by atoms with E-state index in [0.717, 1.165) is 35.2 Å². The number of para-hydroxylation sites is 3. The van der Waals surface area contributed by atoms with Gasteiger partial charge >= 0.3 is 0 Å². The molecule has 0 saturated carbocycles. The molecule has 0 radical (unpaired) electrons. The number of methoxy groups -OCH3 is 1. The van der Waals surface area contributed by atoms with Gasteiger partial charge in [0.15, 0.2) is 11.5 Å². The van der Waals surface area contributed by atoms with Crippen LogP contribution in [0.4, 0.5) is 5.69 Å². The lowest BCUT2D eigenvalue weighted by atomic mass is 10.0. The number of carbonyl (C=O) groups excluding carboxylic acids is 1. The van der Waals surface area contributed by atoms with Gasteiger partial charge in [-0.05, 0) is 61.2 Å². The lowest BCUT2D eigenvalue weighted by molar-refractivity contribution is 0.102. The van der Waals surface area contributed by atoms with Gasteiger partial charge in [0.2, 0.25) is 0 Å². The van der Waals surface area contributed by atoms with Crippen LogP contribution in [0.2, 0.25) is 0 Å². The number of benzene rings is 3. The number of rotatable bonds is 10. The van der Waals surface area contributed by atoms with Crippen molar-refractivity contribution < 1.29 is 19.0 Å². The van der Waals surface area contributed by atoms with Crippen molar-refractivity contribution in [2.75, 3.05) is 19.0 Å². The summed E-state index contributed by atoms with van der Waals surface area (Å²) in [6, 6.07) is 19.1. The van der Waals surface area contributed by atoms with Crippen molar-refractivity contribution in [2.45, 2.75) is 40.2 Å². The van der Waals surface area contributed by atoms with Gasteiger partial charge in [-0.15, -0.1) is 0 Å². The summed E-state index contributed by atoms with van der Waals surface area (Å²) in [7, 11) is 1.61. The van der Waals surface area contributed by atoms with Crippen molar-refractivity contribution in [1.82, 2.24) is 0 Å². The first-order valence-corrected chi connectivity index (χ1v) is 11.0. The Morgan fingerprint density at radius 3 is 2.09 bits per heavy atom. The first kappa shape index (κ1) is 23.2. The summed E-state index contributed by atoms with van der Waals surface area (Å²) >= 11 is 0. The molecular formula is C27H31NO4. The lowest BCUT2D eigenvalue weighted by Gasteiger charge is -2.16. The fraction of sp³-hybridized carbons (Fsp3) is 0.296. The minimum atomic E-state index is -0.151. The molecule has 1 amide bonds. The highest BCUT2D eigenvalue weighted by Crippen LogP contribution is 2.29. The van der Waals surface area contributed by atoms with Gasteiger partial charge < -0.3 is 19.5 Å². The summed E-state index contributed by atoms with van der Waals surface area (Å²) in [4.78, 5) is 13.1. The van der Waals surface area contributed by atoms with Gasteiger partial charge in [0.1, 0.15) is 12.4 Å². The SMILES string of the molecule is CCOc1ccc(C(=O)Nc2c(CC)cccc2CC)cc1COc1ccccc1OC. The van der Waals surface area contributed by atoms with E-state index in [1.165, 1.54) is 0 Å². The number of hydrogen-bond donors (Lipinski definition) is 1. The van der Waals surface area contributed by atoms with Gasteiger partial charge in [-0.25, -0.2) is 0 Å². The third-order valence-electron chi connectivity index (χ3n) is 5.31. The van der Waals surface area contributed by atoms with E-state index in [-0.39, 0.29) is 12.5 Å². The van der Waals surface area contributed by atoms with Crippen molar-refractivity contribution in [3.8, 4) is 17.2 Å². The Hall–Kier alpha value is -3.47. The van der Waals surface area contributed by atoms with Crippen LogP contribution in [0.1, 0.15) is 47.8 Å². The molecule has 0 aliphatic rings. The van der Waals surface area contributed by atoms with Crippen molar-refractivity contribution in [2.24, 2.45) is 0 Å². The molecule has 168 valence electrons. The highest BCUT2D eigenvalue weighted by molar-refractivity contribution is 6.05. The quantitative estimate of drug-likeness (QED) is 0.423. The smallest absolute Gasteiger partial charge is 0.255 e. The van der Waals surface area contributed by atoms with Crippen LogP contribution < -0.4 is 19.5 Å². The third-order valence-corrected chi connectivity index (χ3v) is 5.31. The molecule has 5 heteroatoms. The Morgan fingerprint density at radius 2 is 1.47 bits per heavy atom. The van der Waals surface area contributed by atoms with E-state index in [4.69, 9.17) is 14.2 Å². The van der Waals surface area contributed by atoms with Crippen LogP contribution in [-0.2, 0) is 19.4 Å². The normalized spacial score (nSPS) is 10.5. The van der Waals surface area contributed by atoms with Crippen LogP contribution in [0.3, 0.4) is 0 Å². The highest BCUT2D eigenvalue weighted by Gasteiger charge is 2.15. The Labute approximate surface area is 190 Å². The zero-order valence-corrected chi connectivity index (χ0v) is 19.2. The lowest BCUT2D eigenvalue weighted by Crippen LogP contribution is -2.15. The first-order chi connectivity index (χ1) is 15.6. The molecule has 0 aliphatic heterocycles. The topological polar surface area (TPSA) is 56.8 Å². The highest BCUT2D eigenvalue weighted by atomic mass is 16.5. The third kappa shape index (κ3) is 5.41. The molecule has 0 heterocycles. The average Bonchev–Trinajstić information content (AvgIpc) is 2.83. The molecule has 3 aromatic carbocycles. The summed E-state index contributed by atoms with van der Waals surface area (Å²) < 4.78 is 17.1. The van der Waals surface area contributed by atoms with Gasteiger partial charge in [0, 0.05) is 16.8 Å². The van der Waals surface area contributed by atoms with Crippen molar-refractivity contribution in [3.63, 3.8) is 0 Å². The summed E-state index contributed by atoms with van der Waals surface area (Å²) in [6.07, 6.45) is 1.70. The molecule has 0 unspecified atom stereocenters. The van der Waals surface area contributed by atoms with Gasteiger partial charge in [-0.2, -0.15) is 0 Å². The molecule has 0 saturated heterocycles. The number of nitrogens with one attached hydrogen (secondary N) is 1. The van der Waals surface area contributed by atoms with Crippen LogP contribution in [0.15, 0.2) is 60.7 Å². The van der Waals surface area contributed by atoms with Gasteiger partial charge in [-0.3, -0.25) is 4.79 Å². The van der Waals surface area contributed by atoms with Crippen LogP contribution >= 0.6 is 0 Å². The fourth-order valence-corrected chi connectivity index (χ4v) is 3.61. The van der Waals surface area contributed by atoms with Crippen LogP contribution in [0.5, 0.6) is 17.2 Å². The molecule has 0 fully saturated rings. The molecule has 0 spiro atoms. The molecule has 0 aliphatic carbocycles. The monoisotopic (exact) mass is 433 g/mol. The number of hydrogen-bond acceptors (Lipinski definition) is 4. The molecule has 32 heavy (non-hydrogen) atoms. The molecule has 1 N–H and O–H groups in total. The van der Waals surface area contributed by atoms with E-state index >= 15 is 0 Å². The molecule has 5 nitrogen and oxygen atoms in total. The zero-order valence-electron chi connectivity index (χ0n) is 19.2. The summed E-state index contributed by atoms with van der Waals surface area (Å²) in [5.74, 6) is 1.84. The predicted octanol–water partition coefficient (Wildman–Crippen LogP) is 6.05. The molecular weight excluding hydrogens is 402 g/mol. The van der Waals surface area contributed by atoms with E-state index in [0.29, 0.717) is 29.4 Å². The predicted molar refractivity (Wildman–Crippen MR) is 128 cm³/mol. The standard InChI is InChI=1S/C27H31NO4/c1-5-19-11-10-12-20(6-2)26(19)28-27(29)21-15-16-23(31-7-3)22(17-21)18-32-25-14-9-8-13-24(25)30-4/h8-17H,5-7,18H2,1-4H3,(H,28,29). The minimum Gasteiger partial charge on any atom is -0.493 e. The molecule has 0 bridgehead atoms.